The zero-order valence-corrected chi connectivity index (χ0v) is 15.8. The van der Waals surface area contributed by atoms with Crippen LogP contribution in [0.1, 0.15) is 5.69 Å². The van der Waals surface area contributed by atoms with Crippen molar-refractivity contribution in [1.82, 2.24) is 4.98 Å². The Morgan fingerprint density at radius 3 is 2.35 bits per heavy atom. The molecule has 3 rings (SSSR count). The molecule has 0 aliphatic carbocycles. The number of pyridine rings is 1. The molecular formula is C18H13Cl2FN2O2S. The van der Waals surface area contributed by atoms with Crippen molar-refractivity contribution in [2.24, 2.45) is 0 Å². The summed E-state index contributed by atoms with van der Waals surface area (Å²) in [5.41, 5.74) is 2.21. The van der Waals surface area contributed by atoms with Gasteiger partial charge in [-0.3, -0.25) is 4.72 Å². The van der Waals surface area contributed by atoms with Gasteiger partial charge in [-0.25, -0.2) is 17.8 Å². The lowest BCUT2D eigenvalue weighted by atomic mass is 10.0. The predicted molar refractivity (Wildman–Crippen MR) is 102 cm³/mol. The first-order valence-corrected chi connectivity index (χ1v) is 9.72. The number of hydrogen-bond acceptors (Lipinski definition) is 3. The van der Waals surface area contributed by atoms with Crippen molar-refractivity contribution in [2.45, 2.75) is 11.8 Å². The molecule has 0 spiro atoms. The zero-order valence-electron chi connectivity index (χ0n) is 13.5. The summed E-state index contributed by atoms with van der Waals surface area (Å²) < 4.78 is 40.5. The highest BCUT2D eigenvalue weighted by atomic mass is 35.5. The molecule has 0 aliphatic heterocycles. The van der Waals surface area contributed by atoms with E-state index >= 15 is 0 Å². The van der Waals surface area contributed by atoms with Crippen LogP contribution >= 0.6 is 23.2 Å². The van der Waals surface area contributed by atoms with Crippen LogP contribution in [0.3, 0.4) is 0 Å². The third-order valence-electron chi connectivity index (χ3n) is 3.69. The zero-order chi connectivity index (χ0) is 18.9. The second-order valence-corrected chi connectivity index (χ2v) is 7.99. The molecule has 4 nitrogen and oxygen atoms in total. The van der Waals surface area contributed by atoms with Crippen molar-refractivity contribution in [2.75, 3.05) is 4.72 Å². The molecule has 1 N–H and O–H groups in total. The fraction of sp³-hybridized carbons (Fsp3) is 0.0556. The summed E-state index contributed by atoms with van der Waals surface area (Å²) in [7, 11) is -3.94. The first-order valence-electron chi connectivity index (χ1n) is 7.48. The quantitative estimate of drug-likeness (QED) is 0.634. The molecule has 8 heteroatoms. The molecule has 2 aromatic carbocycles. The van der Waals surface area contributed by atoms with E-state index in [9.17, 15) is 12.8 Å². The predicted octanol–water partition coefficient (Wildman–Crippen LogP) is 5.30. The summed E-state index contributed by atoms with van der Waals surface area (Å²) >= 11 is 11.9. The topological polar surface area (TPSA) is 59.1 Å². The van der Waals surface area contributed by atoms with E-state index in [0.29, 0.717) is 10.7 Å². The molecule has 0 amide bonds. The van der Waals surface area contributed by atoms with Crippen molar-refractivity contribution in [1.29, 1.82) is 0 Å². The lowest BCUT2D eigenvalue weighted by Gasteiger charge is -2.11. The van der Waals surface area contributed by atoms with Gasteiger partial charge in [-0.1, -0.05) is 41.4 Å². The van der Waals surface area contributed by atoms with Crippen LogP contribution in [0, 0.1) is 12.7 Å². The summed E-state index contributed by atoms with van der Waals surface area (Å²) in [5, 5.41) is 0.303. The average Bonchev–Trinajstić information content (AvgIpc) is 2.58. The van der Waals surface area contributed by atoms with Crippen LogP contribution in [0.4, 0.5) is 10.2 Å². The largest absolute Gasteiger partial charge is 0.263 e. The number of nitrogens with zero attached hydrogens (tertiary/aromatic N) is 1. The van der Waals surface area contributed by atoms with Crippen LogP contribution in [-0.2, 0) is 10.0 Å². The van der Waals surface area contributed by atoms with E-state index in [4.69, 9.17) is 23.2 Å². The van der Waals surface area contributed by atoms with Crippen LogP contribution in [0.15, 0.2) is 59.5 Å². The molecule has 0 fully saturated rings. The summed E-state index contributed by atoms with van der Waals surface area (Å²) in [4.78, 5) is 4.13. The number of aromatic nitrogens is 1. The third-order valence-corrected chi connectivity index (χ3v) is 5.66. The molecule has 0 atom stereocenters. The molecule has 0 aliphatic rings. The number of nitrogens with one attached hydrogen (secondary N) is 1. The summed E-state index contributed by atoms with van der Waals surface area (Å²) in [6, 6.07) is 13.8. The van der Waals surface area contributed by atoms with Crippen LogP contribution in [0.25, 0.3) is 11.1 Å². The molecule has 3 aromatic rings. The Labute approximate surface area is 160 Å². The molecule has 0 unspecified atom stereocenters. The van der Waals surface area contributed by atoms with E-state index < -0.39 is 15.8 Å². The van der Waals surface area contributed by atoms with Gasteiger partial charge in [-0.05, 0) is 43.3 Å². The minimum absolute atomic E-state index is 0.138. The molecule has 26 heavy (non-hydrogen) atoms. The van der Waals surface area contributed by atoms with Crippen molar-refractivity contribution >= 4 is 39.0 Å². The summed E-state index contributed by atoms with van der Waals surface area (Å²) in [6.45, 7) is 1.76. The van der Waals surface area contributed by atoms with Gasteiger partial charge in [-0.15, -0.1) is 0 Å². The van der Waals surface area contributed by atoms with Gasteiger partial charge in [0, 0.05) is 21.8 Å². The first-order chi connectivity index (χ1) is 12.3. The molecule has 0 bridgehead atoms. The highest BCUT2D eigenvalue weighted by Crippen LogP contribution is 2.30. The van der Waals surface area contributed by atoms with Crippen molar-refractivity contribution in [3.8, 4) is 11.1 Å². The Morgan fingerprint density at radius 2 is 1.69 bits per heavy atom. The van der Waals surface area contributed by atoms with Gasteiger partial charge in [0.15, 0.2) is 0 Å². The molecule has 134 valence electrons. The Balaban J connectivity index is 1.92. The number of hydrogen-bond donors (Lipinski definition) is 1. The van der Waals surface area contributed by atoms with Gasteiger partial charge in [0.05, 0.1) is 9.92 Å². The molecule has 0 saturated heterocycles. The van der Waals surface area contributed by atoms with E-state index in [2.05, 4.69) is 9.71 Å². The van der Waals surface area contributed by atoms with Gasteiger partial charge in [0.1, 0.15) is 11.6 Å². The van der Waals surface area contributed by atoms with Crippen LogP contribution in [0.2, 0.25) is 10.0 Å². The Kier molecular flexibility index (Phi) is 5.18. The Morgan fingerprint density at radius 1 is 0.962 bits per heavy atom. The van der Waals surface area contributed by atoms with E-state index in [1.54, 1.807) is 19.1 Å². The number of rotatable bonds is 4. The summed E-state index contributed by atoms with van der Waals surface area (Å²) in [5.74, 6) is -0.553. The van der Waals surface area contributed by atoms with Gasteiger partial charge in [-0.2, -0.15) is 0 Å². The molecule has 0 radical (unpaired) electrons. The van der Waals surface area contributed by atoms with Gasteiger partial charge >= 0.3 is 0 Å². The van der Waals surface area contributed by atoms with Crippen LogP contribution in [0.5, 0.6) is 0 Å². The molecule has 1 heterocycles. The van der Waals surface area contributed by atoms with E-state index in [1.807, 2.05) is 18.2 Å². The van der Waals surface area contributed by atoms with Crippen LogP contribution < -0.4 is 4.72 Å². The fourth-order valence-electron chi connectivity index (χ4n) is 2.42. The standard InChI is InChI=1S/C18H13Cl2FN2O2S/c1-11-13(14-4-2-3-5-15(14)19)7-9-18(22-11)23-26(24,25)12-6-8-17(21)16(20)10-12/h2-10H,1H3,(H,22,23). The Bertz CT molecular complexity index is 1090. The normalized spacial score (nSPS) is 11.4. The monoisotopic (exact) mass is 410 g/mol. The van der Waals surface area contributed by atoms with E-state index in [1.165, 1.54) is 6.07 Å². The SMILES string of the molecule is Cc1nc(NS(=O)(=O)c2ccc(F)c(Cl)c2)ccc1-c1ccccc1Cl. The Hall–Kier alpha value is -2.15. The maximum absolute atomic E-state index is 13.2. The molecular weight excluding hydrogens is 398 g/mol. The van der Waals surface area contributed by atoms with Crippen molar-refractivity contribution in [3.63, 3.8) is 0 Å². The molecule has 0 saturated carbocycles. The minimum atomic E-state index is -3.94. The molecule has 1 aromatic heterocycles. The number of aryl methyl sites for hydroxylation is 1. The minimum Gasteiger partial charge on any atom is -0.263 e. The lowest BCUT2D eigenvalue weighted by molar-refractivity contribution is 0.599. The maximum atomic E-state index is 13.2. The maximum Gasteiger partial charge on any atom is 0.263 e. The average molecular weight is 411 g/mol. The van der Waals surface area contributed by atoms with Crippen LogP contribution in [-0.4, -0.2) is 13.4 Å². The van der Waals surface area contributed by atoms with Gasteiger partial charge in [0.25, 0.3) is 10.0 Å². The third kappa shape index (κ3) is 3.82. The lowest BCUT2D eigenvalue weighted by Crippen LogP contribution is -2.14. The summed E-state index contributed by atoms with van der Waals surface area (Å²) in [6.07, 6.45) is 0. The number of anilines is 1. The highest BCUT2D eigenvalue weighted by molar-refractivity contribution is 7.92. The van der Waals surface area contributed by atoms with Gasteiger partial charge in [0.2, 0.25) is 0 Å². The van der Waals surface area contributed by atoms with Crippen molar-refractivity contribution in [3.05, 3.63) is 76.2 Å². The first kappa shape index (κ1) is 18.6. The number of benzene rings is 2. The van der Waals surface area contributed by atoms with Gasteiger partial charge < -0.3 is 0 Å². The number of halogens is 3. The van der Waals surface area contributed by atoms with E-state index in [-0.39, 0.29) is 15.7 Å². The fourth-order valence-corrected chi connectivity index (χ4v) is 3.93. The second kappa shape index (κ2) is 7.23. The van der Waals surface area contributed by atoms with Crippen molar-refractivity contribution < 1.29 is 12.8 Å². The van der Waals surface area contributed by atoms with E-state index in [0.717, 1.165) is 29.3 Å². The highest BCUT2D eigenvalue weighted by Gasteiger charge is 2.17. The number of sulfonamides is 1. The second-order valence-electron chi connectivity index (χ2n) is 5.49. The smallest absolute Gasteiger partial charge is 0.263 e.